The van der Waals surface area contributed by atoms with Crippen molar-refractivity contribution in [2.24, 2.45) is 11.8 Å². The molecule has 11 heteroatoms. The summed E-state index contributed by atoms with van der Waals surface area (Å²) < 4.78 is 11.5. The Morgan fingerprint density at radius 1 is 0.609 bits per heavy atom. The number of ether oxygens (including phenoxy) is 2. The van der Waals surface area contributed by atoms with E-state index >= 15 is 0 Å². The van der Waals surface area contributed by atoms with Crippen LogP contribution in [0.15, 0.2) is 60.8 Å². The molecule has 1 saturated heterocycles. The number of hydrogen-bond acceptors (Lipinski definition) is 11. The number of rotatable bonds is 1. The van der Waals surface area contributed by atoms with E-state index in [1.165, 1.54) is 12.2 Å². The summed E-state index contributed by atoms with van der Waals surface area (Å²) in [5.74, 6) is -0.746. The van der Waals surface area contributed by atoms with Crippen LogP contribution in [-0.4, -0.2) is 114 Å². The van der Waals surface area contributed by atoms with Crippen LogP contribution in [-0.2, 0) is 14.3 Å². The Bertz CT molecular complexity index is 1020. The number of carbonyl (C=O) groups is 1. The molecule has 0 aliphatic carbocycles. The van der Waals surface area contributed by atoms with Crippen molar-refractivity contribution >= 4 is 5.97 Å². The van der Waals surface area contributed by atoms with Gasteiger partial charge in [0.05, 0.1) is 54.9 Å². The maximum Gasteiger partial charge on any atom is 0.331 e. The van der Waals surface area contributed by atoms with Crippen LogP contribution in [0, 0.1) is 11.8 Å². The highest BCUT2D eigenvalue weighted by molar-refractivity contribution is 5.82. The van der Waals surface area contributed by atoms with Gasteiger partial charge in [-0.05, 0) is 44.4 Å². The summed E-state index contributed by atoms with van der Waals surface area (Å²) in [6.45, 7) is 5.71. The first kappa shape index (κ1) is 40.0. The van der Waals surface area contributed by atoms with Crippen molar-refractivity contribution < 1.29 is 55.1 Å². The van der Waals surface area contributed by atoms with E-state index in [0.717, 1.165) is 0 Å². The van der Waals surface area contributed by atoms with E-state index in [1.54, 1.807) is 48.6 Å². The lowest BCUT2D eigenvalue weighted by atomic mass is 9.93. The fourth-order valence-electron chi connectivity index (χ4n) is 5.91. The van der Waals surface area contributed by atoms with Gasteiger partial charge in [0.2, 0.25) is 0 Å². The lowest BCUT2D eigenvalue weighted by Crippen LogP contribution is -2.30. The molecule has 1 fully saturated rings. The second kappa shape index (κ2) is 20.9. The second-order valence-corrected chi connectivity index (χ2v) is 13.1. The van der Waals surface area contributed by atoms with Crippen LogP contribution in [0.1, 0.15) is 72.1 Å². The number of aliphatic hydroxyl groups is 8. The fourth-order valence-corrected chi connectivity index (χ4v) is 5.91. The predicted octanol–water partition coefficient (Wildman–Crippen LogP) is 1.76. The molecular formula is C35H56O11. The third-order valence-electron chi connectivity index (χ3n) is 8.16. The molecule has 8 N–H and O–H groups in total. The SMILES string of the molecule is CC(C)[C@@H]1OC(=O)/C=C/C=C/C=C/C=C/[C@H]2O[C@H](C[C@H](O)C[C@H](O)C[C@H](O)C[C@@H](O)C[C@H](O)C[C@@H](O)C[C@@H](O)/C=C/[C@@H]1C)C[C@H]2O. The number of esters is 1. The quantitative estimate of drug-likeness (QED) is 0.152. The Morgan fingerprint density at radius 3 is 1.63 bits per heavy atom. The smallest absolute Gasteiger partial charge is 0.331 e. The van der Waals surface area contributed by atoms with Gasteiger partial charge in [-0.1, -0.05) is 75.5 Å². The number of cyclic esters (lactones) is 1. The summed E-state index contributed by atoms with van der Waals surface area (Å²) in [6, 6.07) is 0. The fraction of sp³-hybridized carbons (Fsp3) is 0.686. The second-order valence-electron chi connectivity index (χ2n) is 13.1. The average Bonchev–Trinajstić information content (AvgIpc) is 3.28. The molecule has 262 valence electrons. The van der Waals surface area contributed by atoms with Gasteiger partial charge < -0.3 is 50.3 Å². The summed E-state index contributed by atoms with van der Waals surface area (Å²) in [6.07, 6.45) is 7.01. The van der Waals surface area contributed by atoms with Gasteiger partial charge in [0.15, 0.2) is 0 Å². The highest BCUT2D eigenvalue weighted by atomic mass is 16.5. The molecule has 2 bridgehead atoms. The predicted molar refractivity (Wildman–Crippen MR) is 173 cm³/mol. The van der Waals surface area contributed by atoms with E-state index in [1.807, 2.05) is 20.8 Å². The van der Waals surface area contributed by atoms with E-state index < -0.39 is 73.1 Å². The molecule has 2 rings (SSSR count). The standard InChI is InChI=1S/C35H56O11/c1-22(2)35-23(3)12-13-24(36)14-25(37)15-26(38)16-27(39)17-28(40)18-29(41)19-30(42)20-31-21-32(43)33(45-31)10-8-6-4-5-7-9-11-34(44)46-35/h4-13,22-33,35-43H,14-21H2,1-3H3/b6-4+,7-5+,10-8+,11-9+,13-12+/t23-,24-,25-,26+,27-,28+,29+,30+,31+,32+,33+,35-/m0/s1. The first-order chi connectivity index (χ1) is 21.7. The van der Waals surface area contributed by atoms with Crippen molar-refractivity contribution in [2.45, 2.75) is 139 Å². The van der Waals surface area contributed by atoms with E-state index in [0.29, 0.717) is 6.42 Å². The zero-order valence-corrected chi connectivity index (χ0v) is 27.2. The summed E-state index contributed by atoms with van der Waals surface area (Å²) in [7, 11) is 0. The topological polar surface area (TPSA) is 197 Å². The van der Waals surface area contributed by atoms with Crippen LogP contribution in [0.25, 0.3) is 0 Å². The molecule has 0 aromatic heterocycles. The highest BCUT2D eigenvalue weighted by Gasteiger charge is 2.34. The molecule has 0 spiro atoms. The third-order valence-corrected chi connectivity index (χ3v) is 8.16. The Balaban J connectivity index is 2.10. The van der Waals surface area contributed by atoms with Crippen molar-refractivity contribution in [1.29, 1.82) is 0 Å². The number of fused-ring (bicyclic) bond motifs is 2. The lowest BCUT2D eigenvalue weighted by Gasteiger charge is -2.25. The maximum absolute atomic E-state index is 12.4. The van der Waals surface area contributed by atoms with Gasteiger partial charge in [-0.3, -0.25) is 0 Å². The first-order valence-corrected chi connectivity index (χ1v) is 16.4. The zero-order valence-electron chi connectivity index (χ0n) is 27.2. The van der Waals surface area contributed by atoms with Crippen molar-refractivity contribution in [2.75, 3.05) is 0 Å². The van der Waals surface area contributed by atoms with E-state index in [4.69, 9.17) is 9.47 Å². The van der Waals surface area contributed by atoms with E-state index in [2.05, 4.69) is 0 Å². The van der Waals surface area contributed by atoms with Crippen LogP contribution < -0.4 is 0 Å². The third kappa shape index (κ3) is 16.1. The summed E-state index contributed by atoms with van der Waals surface area (Å²) in [5, 5.41) is 83.1. The van der Waals surface area contributed by atoms with Crippen LogP contribution >= 0.6 is 0 Å². The Labute approximate surface area is 272 Å². The van der Waals surface area contributed by atoms with Crippen LogP contribution in [0.3, 0.4) is 0 Å². The zero-order chi connectivity index (χ0) is 34.2. The summed E-state index contributed by atoms with van der Waals surface area (Å²) in [4.78, 5) is 12.4. The monoisotopic (exact) mass is 652 g/mol. The molecule has 0 radical (unpaired) electrons. The van der Waals surface area contributed by atoms with Gasteiger partial charge in [-0.25, -0.2) is 4.79 Å². The maximum atomic E-state index is 12.4. The van der Waals surface area contributed by atoms with E-state index in [9.17, 15) is 45.6 Å². The molecule has 2 aliphatic heterocycles. The molecule has 46 heavy (non-hydrogen) atoms. The summed E-state index contributed by atoms with van der Waals surface area (Å²) >= 11 is 0. The minimum absolute atomic E-state index is 0.00514. The molecule has 0 aromatic rings. The van der Waals surface area contributed by atoms with Crippen LogP contribution in [0.2, 0.25) is 0 Å². The van der Waals surface area contributed by atoms with Gasteiger partial charge in [0, 0.05) is 24.8 Å². The molecular weight excluding hydrogens is 596 g/mol. The largest absolute Gasteiger partial charge is 0.458 e. The molecule has 0 saturated carbocycles. The number of hydrogen-bond donors (Lipinski definition) is 8. The molecule has 11 nitrogen and oxygen atoms in total. The molecule has 0 amide bonds. The van der Waals surface area contributed by atoms with Crippen molar-refractivity contribution in [1.82, 2.24) is 0 Å². The van der Waals surface area contributed by atoms with Crippen LogP contribution in [0.5, 0.6) is 0 Å². The number of allylic oxidation sites excluding steroid dienone is 6. The minimum atomic E-state index is -1.10. The lowest BCUT2D eigenvalue weighted by molar-refractivity contribution is -0.147. The average molecular weight is 653 g/mol. The number of carbonyl (C=O) groups excluding carboxylic acids is 1. The van der Waals surface area contributed by atoms with Gasteiger partial charge in [-0.15, -0.1) is 0 Å². The number of aliphatic hydroxyl groups excluding tert-OH is 8. The Morgan fingerprint density at radius 2 is 1.09 bits per heavy atom. The van der Waals surface area contributed by atoms with Gasteiger partial charge >= 0.3 is 5.97 Å². The highest BCUT2D eigenvalue weighted by Crippen LogP contribution is 2.26. The molecule has 12 atom stereocenters. The van der Waals surface area contributed by atoms with Crippen molar-refractivity contribution in [3.63, 3.8) is 0 Å². The molecule has 2 heterocycles. The van der Waals surface area contributed by atoms with Crippen molar-refractivity contribution in [3.8, 4) is 0 Å². The van der Waals surface area contributed by atoms with E-state index in [-0.39, 0.29) is 56.8 Å². The van der Waals surface area contributed by atoms with Gasteiger partial charge in [-0.2, -0.15) is 0 Å². The Kier molecular flexibility index (Phi) is 18.2. The Hall–Kier alpha value is -2.19. The first-order valence-electron chi connectivity index (χ1n) is 16.4. The molecule has 2 aliphatic rings. The van der Waals surface area contributed by atoms with Crippen molar-refractivity contribution in [3.05, 3.63) is 60.8 Å². The minimum Gasteiger partial charge on any atom is -0.458 e. The summed E-state index contributed by atoms with van der Waals surface area (Å²) in [5.41, 5.74) is 0. The van der Waals surface area contributed by atoms with Gasteiger partial charge in [0.1, 0.15) is 12.2 Å². The van der Waals surface area contributed by atoms with Gasteiger partial charge in [0.25, 0.3) is 0 Å². The van der Waals surface area contributed by atoms with Crippen LogP contribution in [0.4, 0.5) is 0 Å². The normalized spacial score (nSPS) is 42.3. The molecule has 0 unspecified atom stereocenters. The molecule has 0 aromatic carbocycles.